The zero-order chi connectivity index (χ0) is 18.4. The lowest BCUT2D eigenvalue weighted by Crippen LogP contribution is -2.45. The summed E-state index contributed by atoms with van der Waals surface area (Å²) in [7, 11) is -3.01. The molecule has 1 aliphatic rings. The van der Waals surface area contributed by atoms with Gasteiger partial charge in [-0.25, -0.2) is 4.67 Å². The van der Waals surface area contributed by atoms with E-state index in [0.29, 0.717) is 19.7 Å². The minimum Gasteiger partial charge on any atom is -0.359 e. The van der Waals surface area contributed by atoms with Gasteiger partial charge in [0, 0.05) is 13.1 Å². The van der Waals surface area contributed by atoms with Crippen LogP contribution >= 0.6 is 7.52 Å². The van der Waals surface area contributed by atoms with Crippen molar-refractivity contribution in [2.24, 2.45) is 5.73 Å². The van der Waals surface area contributed by atoms with E-state index in [2.05, 4.69) is 5.32 Å². The van der Waals surface area contributed by atoms with Gasteiger partial charge in [0.25, 0.3) is 7.52 Å². The van der Waals surface area contributed by atoms with Gasteiger partial charge in [-0.05, 0) is 73.9 Å². The van der Waals surface area contributed by atoms with Crippen LogP contribution in [0.15, 0.2) is 0 Å². The number of rotatable bonds is 3. The first-order valence-corrected chi connectivity index (χ1v) is 10.7. The van der Waals surface area contributed by atoms with Gasteiger partial charge >= 0.3 is 0 Å². The van der Waals surface area contributed by atoms with Crippen molar-refractivity contribution in [2.45, 2.75) is 77.8 Å². The molecule has 0 radical (unpaired) electrons. The lowest BCUT2D eigenvalue weighted by Gasteiger charge is -2.41. The Balaban J connectivity index is 3.03. The molecular formula is C17H38N3O3P. The van der Waals surface area contributed by atoms with Crippen LogP contribution in [0.3, 0.4) is 0 Å². The molecule has 2 unspecified atom stereocenters. The zero-order valence-electron chi connectivity index (χ0n) is 16.4. The van der Waals surface area contributed by atoms with Crippen molar-refractivity contribution in [3.63, 3.8) is 0 Å². The van der Waals surface area contributed by atoms with Gasteiger partial charge in [0.05, 0.1) is 17.9 Å². The van der Waals surface area contributed by atoms with E-state index in [1.807, 2.05) is 46.2 Å². The number of ether oxygens (including phenoxy) is 1. The summed E-state index contributed by atoms with van der Waals surface area (Å²) in [5.41, 5.74) is 5.28. The summed E-state index contributed by atoms with van der Waals surface area (Å²) in [5.74, 6) is 0. The Morgan fingerprint density at radius 1 is 1.33 bits per heavy atom. The highest BCUT2D eigenvalue weighted by Crippen LogP contribution is 2.62. The first-order chi connectivity index (χ1) is 11.0. The molecule has 0 saturated carbocycles. The second-order valence-corrected chi connectivity index (χ2v) is 11.3. The Bertz CT molecular complexity index is 424. The third-order valence-electron chi connectivity index (χ3n) is 4.24. The van der Waals surface area contributed by atoms with Gasteiger partial charge in [0.2, 0.25) is 0 Å². The molecule has 0 amide bonds. The Hall–Kier alpha value is 0.0300. The van der Waals surface area contributed by atoms with Crippen molar-refractivity contribution in [3.8, 4) is 0 Å². The van der Waals surface area contributed by atoms with Gasteiger partial charge in [-0.15, -0.1) is 0 Å². The van der Waals surface area contributed by atoms with E-state index in [-0.39, 0.29) is 6.10 Å². The summed E-state index contributed by atoms with van der Waals surface area (Å²) in [6.07, 6.45) is 2.55. The highest BCUT2D eigenvalue weighted by Gasteiger charge is 2.44. The summed E-state index contributed by atoms with van der Waals surface area (Å²) >= 11 is 0. The van der Waals surface area contributed by atoms with Crippen molar-refractivity contribution in [2.75, 3.05) is 32.8 Å². The average Bonchev–Trinajstić information content (AvgIpc) is 2.45. The highest BCUT2D eigenvalue weighted by molar-refractivity contribution is 7.58. The zero-order valence-corrected chi connectivity index (χ0v) is 17.3. The molecule has 1 saturated heterocycles. The molecule has 24 heavy (non-hydrogen) atoms. The van der Waals surface area contributed by atoms with E-state index in [0.717, 1.165) is 32.4 Å². The van der Waals surface area contributed by atoms with Crippen LogP contribution in [-0.4, -0.2) is 54.4 Å². The van der Waals surface area contributed by atoms with Crippen LogP contribution in [0.25, 0.3) is 0 Å². The molecule has 0 bridgehead atoms. The monoisotopic (exact) mass is 363 g/mol. The largest absolute Gasteiger partial charge is 0.359 e. The fourth-order valence-electron chi connectivity index (χ4n) is 2.76. The number of hydrogen-bond donors (Lipinski definition) is 2. The summed E-state index contributed by atoms with van der Waals surface area (Å²) < 4.78 is 28.0. The maximum absolute atomic E-state index is 13.9. The molecule has 6 nitrogen and oxygen atoms in total. The molecule has 3 N–H and O–H groups in total. The molecular weight excluding hydrogens is 325 g/mol. The Labute approximate surface area is 148 Å². The first-order valence-electron chi connectivity index (χ1n) is 9.15. The predicted molar refractivity (Wildman–Crippen MR) is 100 cm³/mol. The number of hydrogen-bond acceptors (Lipinski definition) is 5. The third kappa shape index (κ3) is 6.40. The Morgan fingerprint density at radius 2 is 2.00 bits per heavy atom. The Morgan fingerprint density at radius 3 is 2.58 bits per heavy atom. The van der Waals surface area contributed by atoms with E-state index < -0.39 is 18.4 Å². The molecule has 0 aromatic heterocycles. The van der Waals surface area contributed by atoms with E-state index in [1.54, 1.807) is 0 Å². The molecule has 2 atom stereocenters. The van der Waals surface area contributed by atoms with Crippen LogP contribution in [0.5, 0.6) is 0 Å². The van der Waals surface area contributed by atoms with Crippen LogP contribution in [0, 0.1) is 0 Å². The maximum atomic E-state index is 13.9. The fourth-order valence-corrected chi connectivity index (χ4v) is 5.41. The molecule has 7 heteroatoms. The minimum absolute atomic E-state index is 0.240. The van der Waals surface area contributed by atoms with Crippen LogP contribution in [0.1, 0.15) is 60.8 Å². The van der Waals surface area contributed by atoms with E-state index in [9.17, 15) is 4.57 Å². The van der Waals surface area contributed by atoms with Crippen molar-refractivity contribution >= 4 is 7.52 Å². The van der Waals surface area contributed by atoms with Gasteiger partial charge in [0.1, 0.15) is 5.72 Å². The lowest BCUT2D eigenvalue weighted by atomic mass is 10.2. The second kappa shape index (κ2) is 9.11. The molecule has 1 heterocycles. The predicted octanol–water partition coefficient (Wildman–Crippen LogP) is 3.17. The third-order valence-corrected chi connectivity index (χ3v) is 7.72. The van der Waals surface area contributed by atoms with Crippen molar-refractivity contribution in [1.82, 2.24) is 9.99 Å². The summed E-state index contributed by atoms with van der Waals surface area (Å²) in [6.45, 7) is 15.3. The van der Waals surface area contributed by atoms with E-state index >= 15 is 0 Å². The first kappa shape index (κ1) is 22.1. The second-order valence-electron chi connectivity index (χ2n) is 8.16. The molecule has 0 aromatic carbocycles. The van der Waals surface area contributed by atoms with E-state index in [4.69, 9.17) is 15.0 Å². The molecule has 0 aromatic rings. The molecule has 1 rings (SSSR count). The van der Waals surface area contributed by atoms with Crippen molar-refractivity contribution in [1.29, 1.82) is 0 Å². The minimum atomic E-state index is -3.01. The van der Waals surface area contributed by atoms with Crippen LogP contribution in [0.2, 0.25) is 0 Å². The topological polar surface area (TPSA) is 76.8 Å². The standard InChI is InChI=1S/C17H38N3O3P/c1-15-14-22-17(5,6)19-11-7-8-12-20(13-9-10-18)24(21,23-15)16(2,3)4/h15,19H,7-14,18H2,1-6H3. The molecule has 0 spiro atoms. The van der Waals surface area contributed by atoms with Crippen LogP contribution in [0.4, 0.5) is 0 Å². The van der Waals surface area contributed by atoms with Crippen molar-refractivity contribution in [3.05, 3.63) is 0 Å². The van der Waals surface area contributed by atoms with Gasteiger partial charge in [-0.1, -0.05) is 0 Å². The van der Waals surface area contributed by atoms with Gasteiger partial charge < -0.3 is 15.0 Å². The van der Waals surface area contributed by atoms with Crippen molar-refractivity contribution < 1.29 is 13.8 Å². The molecule has 1 fully saturated rings. The van der Waals surface area contributed by atoms with Gasteiger partial charge in [-0.3, -0.25) is 9.88 Å². The molecule has 1 aliphatic heterocycles. The normalized spacial score (nSPS) is 31.2. The molecule has 144 valence electrons. The number of nitrogens with two attached hydrogens (primary N) is 1. The summed E-state index contributed by atoms with van der Waals surface area (Å²) in [6, 6.07) is 0. The summed E-state index contributed by atoms with van der Waals surface area (Å²) in [4.78, 5) is 0. The van der Waals surface area contributed by atoms with E-state index in [1.165, 1.54) is 0 Å². The smallest absolute Gasteiger partial charge is 0.277 e. The fraction of sp³-hybridized carbons (Fsp3) is 1.00. The number of nitrogens with one attached hydrogen (secondary N) is 1. The quantitative estimate of drug-likeness (QED) is 0.750. The average molecular weight is 363 g/mol. The van der Waals surface area contributed by atoms with Gasteiger partial charge in [0.15, 0.2) is 0 Å². The SMILES string of the molecule is CC1COC(C)(C)NCCCCN(CCCN)P(=O)(C(C)(C)C)O1. The lowest BCUT2D eigenvalue weighted by molar-refractivity contribution is -0.0712. The number of nitrogens with zero attached hydrogens (tertiary/aromatic N) is 1. The maximum Gasteiger partial charge on any atom is 0.277 e. The molecule has 0 aliphatic carbocycles. The Kier molecular flexibility index (Phi) is 8.38. The van der Waals surface area contributed by atoms with Crippen LogP contribution < -0.4 is 11.1 Å². The summed E-state index contributed by atoms with van der Waals surface area (Å²) in [5, 5.41) is 2.97. The van der Waals surface area contributed by atoms with Gasteiger partial charge in [-0.2, -0.15) is 0 Å². The van der Waals surface area contributed by atoms with Crippen LogP contribution in [-0.2, 0) is 13.8 Å². The highest BCUT2D eigenvalue weighted by atomic mass is 31.2.